The molecule has 7 nitrogen and oxygen atoms in total. The number of guanidine groups is 1. The predicted octanol–water partition coefficient (Wildman–Crippen LogP) is 3.39. The molecule has 0 atom stereocenters. The minimum Gasteiger partial charge on any atom is -0.444 e. The number of rotatable bonds is 6. The first-order chi connectivity index (χ1) is 12.5. The molecule has 0 radical (unpaired) electrons. The van der Waals surface area contributed by atoms with Gasteiger partial charge in [0.25, 0.3) is 0 Å². The number of nitrogens with one attached hydrogen (secondary N) is 3. The largest absolute Gasteiger partial charge is 0.573 e. The second-order valence-corrected chi connectivity index (χ2v) is 6.44. The van der Waals surface area contributed by atoms with Crippen LogP contribution in [0.2, 0.25) is 0 Å². The zero-order chi connectivity index (χ0) is 20.5. The van der Waals surface area contributed by atoms with E-state index in [0.717, 1.165) is 0 Å². The first-order valence-electron chi connectivity index (χ1n) is 8.25. The van der Waals surface area contributed by atoms with Crippen LogP contribution in [0.15, 0.2) is 29.3 Å². The molecule has 0 saturated carbocycles. The van der Waals surface area contributed by atoms with Crippen LogP contribution in [0.1, 0.15) is 26.3 Å². The fourth-order valence-electron chi connectivity index (χ4n) is 1.93. The lowest BCUT2D eigenvalue weighted by Gasteiger charge is -2.20. The molecular weight excluding hydrogens is 492 g/mol. The molecule has 0 bridgehead atoms. The van der Waals surface area contributed by atoms with Crippen LogP contribution in [-0.2, 0) is 11.3 Å². The summed E-state index contributed by atoms with van der Waals surface area (Å²) >= 11 is 0. The van der Waals surface area contributed by atoms with Crippen LogP contribution < -0.4 is 20.7 Å². The number of benzene rings is 1. The third-order valence-corrected chi connectivity index (χ3v) is 2.95. The van der Waals surface area contributed by atoms with Gasteiger partial charge in [0.2, 0.25) is 0 Å². The normalized spacial score (nSPS) is 11.9. The Kier molecular flexibility index (Phi) is 11.0. The van der Waals surface area contributed by atoms with E-state index in [0.29, 0.717) is 18.1 Å². The van der Waals surface area contributed by atoms with Crippen molar-refractivity contribution in [3.63, 3.8) is 0 Å². The van der Waals surface area contributed by atoms with Crippen LogP contribution in [0.5, 0.6) is 5.75 Å². The molecule has 3 N–H and O–H groups in total. The Balaban J connectivity index is 0.00000729. The Bertz CT molecular complexity index is 649. The second kappa shape index (κ2) is 11.8. The highest BCUT2D eigenvalue weighted by molar-refractivity contribution is 14.0. The van der Waals surface area contributed by atoms with Crippen molar-refractivity contribution in [1.82, 2.24) is 16.0 Å². The van der Waals surface area contributed by atoms with E-state index in [1.807, 2.05) is 0 Å². The molecule has 0 heterocycles. The van der Waals surface area contributed by atoms with Gasteiger partial charge >= 0.3 is 12.5 Å². The van der Waals surface area contributed by atoms with Crippen molar-refractivity contribution in [2.45, 2.75) is 39.3 Å². The van der Waals surface area contributed by atoms with E-state index >= 15 is 0 Å². The highest BCUT2D eigenvalue weighted by Crippen LogP contribution is 2.25. The van der Waals surface area contributed by atoms with Crippen molar-refractivity contribution in [2.75, 3.05) is 20.1 Å². The number of para-hydroxylation sites is 1. The summed E-state index contributed by atoms with van der Waals surface area (Å²) in [5.74, 6) is 0.0855. The van der Waals surface area contributed by atoms with Gasteiger partial charge in [-0.3, -0.25) is 4.99 Å². The quantitative estimate of drug-likeness (QED) is 0.233. The summed E-state index contributed by atoms with van der Waals surface area (Å²) in [7, 11) is 1.52. The summed E-state index contributed by atoms with van der Waals surface area (Å²) in [6.07, 6.45) is -5.30. The second-order valence-electron chi connectivity index (χ2n) is 6.44. The van der Waals surface area contributed by atoms with Crippen molar-refractivity contribution in [3.8, 4) is 5.75 Å². The maximum atomic E-state index is 12.4. The van der Waals surface area contributed by atoms with Gasteiger partial charge in [-0.1, -0.05) is 18.2 Å². The van der Waals surface area contributed by atoms with Crippen molar-refractivity contribution < 1.29 is 27.4 Å². The number of ether oxygens (including phenoxy) is 2. The zero-order valence-corrected chi connectivity index (χ0v) is 18.5. The van der Waals surface area contributed by atoms with E-state index in [1.54, 1.807) is 26.8 Å². The number of aliphatic imine (C=N–C) groups is 1. The van der Waals surface area contributed by atoms with E-state index in [1.165, 1.54) is 25.2 Å². The molecule has 0 unspecified atom stereocenters. The molecule has 160 valence electrons. The lowest BCUT2D eigenvalue weighted by atomic mass is 10.2. The molecule has 1 aromatic rings. The van der Waals surface area contributed by atoms with Crippen LogP contribution in [0, 0.1) is 0 Å². The molecular formula is C17H26F3IN4O3. The molecule has 0 spiro atoms. The van der Waals surface area contributed by atoms with E-state index in [-0.39, 0.29) is 42.8 Å². The minimum absolute atomic E-state index is 0. The fraction of sp³-hybridized carbons (Fsp3) is 0.529. The van der Waals surface area contributed by atoms with Gasteiger partial charge in [0.05, 0.1) is 0 Å². The number of hydrogen-bond donors (Lipinski definition) is 3. The number of alkyl halides is 3. The molecule has 0 aliphatic carbocycles. The lowest BCUT2D eigenvalue weighted by molar-refractivity contribution is -0.274. The molecule has 1 rings (SSSR count). The molecule has 0 fully saturated rings. The van der Waals surface area contributed by atoms with E-state index in [4.69, 9.17) is 4.74 Å². The minimum atomic E-state index is -4.76. The van der Waals surface area contributed by atoms with Crippen LogP contribution in [0.3, 0.4) is 0 Å². The highest BCUT2D eigenvalue weighted by atomic mass is 127. The summed E-state index contributed by atoms with van der Waals surface area (Å²) < 4.78 is 46.4. The monoisotopic (exact) mass is 518 g/mol. The van der Waals surface area contributed by atoms with Crippen LogP contribution in [0.4, 0.5) is 18.0 Å². The Morgan fingerprint density at radius 2 is 1.68 bits per heavy atom. The summed E-state index contributed by atoms with van der Waals surface area (Å²) in [6.45, 7) is 5.99. The topological polar surface area (TPSA) is 84.0 Å². The average Bonchev–Trinajstić information content (AvgIpc) is 2.52. The SMILES string of the molecule is CN=C(NCCNC(=O)OC(C)(C)C)NCc1ccccc1OC(F)(F)F.I. The summed E-state index contributed by atoms with van der Waals surface area (Å²) in [5.41, 5.74) is -0.259. The number of carbonyl (C=O) groups is 1. The number of amides is 1. The van der Waals surface area contributed by atoms with E-state index in [2.05, 4.69) is 25.7 Å². The van der Waals surface area contributed by atoms with Gasteiger partial charge in [-0.2, -0.15) is 0 Å². The van der Waals surface area contributed by atoms with E-state index in [9.17, 15) is 18.0 Å². The van der Waals surface area contributed by atoms with Gasteiger partial charge in [0.15, 0.2) is 5.96 Å². The van der Waals surface area contributed by atoms with Crippen molar-refractivity contribution in [1.29, 1.82) is 0 Å². The zero-order valence-electron chi connectivity index (χ0n) is 16.1. The molecule has 0 aliphatic rings. The third-order valence-electron chi connectivity index (χ3n) is 2.95. The smallest absolute Gasteiger partial charge is 0.444 e. The number of carbonyl (C=O) groups excluding carboxylic acids is 1. The molecule has 0 aliphatic heterocycles. The Hall–Kier alpha value is -1.92. The van der Waals surface area contributed by atoms with Gasteiger partial charge in [-0.05, 0) is 26.8 Å². The molecule has 0 saturated heterocycles. The van der Waals surface area contributed by atoms with Crippen molar-refractivity contribution in [2.24, 2.45) is 4.99 Å². The van der Waals surface area contributed by atoms with Crippen molar-refractivity contribution >= 4 is 36.0 Å². The maximum absolute atomic E-state index is 12.4. The standard InChI is InChI=1S/C17H25F3N4O3.HI/c1-16(2,3)27-15(25)23-10-9-22-14(21-4)24-11-12-7-5-6-8-13(12)26-17(18,19)20;/h5-8H,9-11H2,1-4H3,(H,23,25)(H2,21,22,24);1H. The average molecular weight is 518 g/mol. The summed E-state index contributed by atoms with van der Waals surface area (Å²) in [4.78, 5) is 15.5. The number of halogens is 4. The van der Waals surface area contributed by atoms with Gasteiger partial charge < -0.3 is 25.4 Å². The molecule has 0 aromatic heterocycles. The Morgan fingerprint density at radius 3 is 2.25 bits per heavy atom. The number of alkyl carbamates (subject to hydrolysis) is 1. The summed E-state index contributed by atoms with van der Waals surface area (Å²) in [6, 6.07) is 5.83. The van der Waals surface area contributed by atoms with Gasteiger partial charge in [-0.25, -0.2) is 4.79 Å². The number of nitrogens with zero attached hydrogens (tertiary/aromatic N) is 1. The van der Waals surface area contributed by atoms with E-state index < -0.39 is 18.1 Å². The van der Waals surface area contributed by atoms with Gasteiger partial charge in [0.1, 0.15) is 11.4 Å². The predicted molar refractivity (Wildman–Crippen MR) is 111 cm³/mol. The molecule has 28 heavy (non-hydrogen) atoms. The molecule has 1 aromatic carbocycles. The maximum Gasteiger partial charge on any atom is 0.573 e. The van der Waals surface area contributed by atoms with Crippen LogP contribution in [0.25, 0.3) is 0 Å². The highest BCUT2D eigenvalue weighted by Gasteiger charge is 2.31. The van der Waals surface area contributed by atoms with Gasteiger partial charge in [0, 0.05) is 32.2 Å². The molecule has 1 amide bonds. The Labute approximate surface area is 179 Å². The lowest BCUT2D eigenvalue weighted by Crippen LogP contribution is -2.42. The number of hydrogen-bond acceptors (Lipinski definition) is 4. The van der Waals surface area contributed by atoms with Gasteiger partial charge in [-0.15, -0.1) is 37.1 Å². The van der Waals surface area contributed by atoms with Crippen LogP contribution in [-0.4, -0.2) is 44.2 Å². The molecule has 11 heteroatoms. The first-order valence-corrected chi connectivity index (χ1v) is 8.25. The van der Waals surface area contributed by atoms with Crippen LogP contribution >= 0.6 is 24.0 Å². The fourth-order valence-corrected chi connectivity index (χ4v) is 1.93. The first kappa shape index (κ1) is 26.1. The third kappa shape index (κ3) is 11.7. The Morgan fingerprint density at radius 1 is 1.07 bits per heavy atom. The van der Waals surface area contributed by atoms with Crippen molar-refractivity contribution in [3.05, 3.63) is 29.8 Å². The summed E-state index contributed by atoms with van der Waals surface area (Å²) in [5, 5.41) is 8.39.